The zero-order chi connectivity index (χ0) is 15.5. The van der Waals surface area contributed by atoms with Gasteiger partial charge in [-0.15, -0.1) is 0 Å². The van der Waals surface area contributed by atoms with Crippen LogP contribution in [0.5, 0.6) is 0 Å². The molecule has 0 bridgehead atoms. The van der Waals surface area contributed by atoms with Gasteiger partial charge in [-0.2, -0.15) is 0 Å². The molecule has 0 N–H and O–H groups in total. The maximum absolute atomic E-state index is 12.8. The summed E-state index contributed by atoms with van der Waals surface area (Å²) in [4.78, 5) is 0. The molecule has 0 spiro atoms. The molecule has 6 heteroatoms. The Kier molecular flexibility index (Phi) is 5.04. The fourth-order valence-electron chi connectivity index (χ4n) is 1.67. The van der Waals surface area contributed by atoms with Crippen LogP contribution in [0.4, 0.5) is 4.39 Å². The highest BCUT2D eigenvalue weighted by Crippen LogP contribution is 2.23. The van der Waals surface area contributed by atoms with Crippen molar-refractivity contribution in [1.82, 2.24) is 0 Å². The van der Waals surface area contributed by atoms with Crippen LogP contribution in [0, 0.1) is 5.82 Å². The number of halogens is 3. The highest BCUT2D eigenvalue weighted by atomic mass is 35.5. The second-order valence-corrected chi connectivity index (χ2v) is 7.11. The van der Waals surface area contributed by atoms with Crippen LogP contribution in [-0.2, 0) is 15.6 Å². The van der Waals surface area contributed by atoms with Gasteiger partial charge in [0.15, 0.2) is 9.84 Å². The normalized spacial score (nSPS) is 12.0. The van der Waals surface area contributed by atoms with Gasteiger partial charge in [0.25, 0.3) is 0 Å². The quantitative estimate of drug-likeness (QED) is 0.804. The molecule has 2 nitrogen and oxygen atoms in total. The van der Waals surface area contributed by atoms with Gasteiger partial charge in [0.05, 0.1) is 15.8 Å². The van der Waals surface area contributed by atoms with Crippen LogP contribution in [0.1, 0.15) is 11.1 Å². The van der Waals surface area contributed by atoms with E-state index in [1.807, 2.05) is 0 Å². The Bertz CT molecular complexity index is 769. The van der Waals surface area contributed by atoms with Crippen molar-refractivity contribution in [3.05, 3.63) is 74.9 Å². The fraction of sp³-hybridized carbons (Fsp3) is 0.0667. The van der Waals surface area contributed by atoms with Gasteiger partial charge in [0.1, 0.15) is 5.82 Å². The first-order valence-electron chi connectivity index (χ1n) is 5.96. The van der Waals surface area contributed by atoms with Crippen LogP contribution >= 0.6 is 23.2 Å². The monoisotopic (exact) mass is 344 g/mol. The molecule has 0 radical (unpaired) electrons. The van der Waals surface area contributed by atoms with Gasteiger partial charge in [0, 0.05) is 5.41 Å². The lowest BCUT2D eigenvalue weighted by Crippen LogP contribution is -2.00. The molecular formula is C15H11Cl2FO2S. The average Bonchev–Trinajstić information content (AvgIpc) is 2.42. The minimum absolute atomic E-state index is 0.179. The summed E-state index contributed by atoms with van der Waals surface area (Å²) in [5.74, 6) is -0.549. The standard InChI is InChI=1S/C15H11Cl2FO2S/c16-14-6-3-12(9-15(14)17)10-21(19,20)8-7-11-1-4-13(18)5-2-11/h1-9H,10H2/b8-7+. The highest BCUT2D eigenvalue weighted by Gasteiger charge is 2.09. The summed E-state index contributed by atoms with van der Waals surface area (Å²) in [6.07, 6.45) is 1.42. The Balaban J connectivity index is 2.14. The van der Waals surface area contributed by atoms with Gasteiger partial charge >= 0.3 is 0 Å². The Morgan fingerprint density at radius 2 is 1.67 bits per heavy atom. The molecule has 110 valence electrons. The van der Waals surface area contributed by atoms with Gasteiger partial charge in [-0.05, 0) is 41.5 Å². The third-order valence-electron chi connectivity index (χ3n) is 2.69. The van der Waals surface area contributed by atoms with Crippen LogP contribution < -0.4 is 0 Å². The first-order chi connectivity index (χ1) is 9.85. The summed E-state index contributed by atoms with van der Waals surface area (Å²) < 4.78 is 36.8. The van der Waals surface area contributed by atoms with Crippen molar-refractivity contribution in [2.75, 3.05) is 0 Å². The van der Waals surface area contributed by atoms with Gasteiger partial charge in [0.2, 0.25) is 0 Å². The Hall–Kier alpha value is -1.36. The Labute approximate surface area is 132 Å². The molecule has 21 heavy (non-hydrogen) atoms. The van der Waals surface area contributed by atoms with Crippen molar-refractivity contribution in [2.24, 2.45) is 0 Å². The topological polar surface area (TPSA) is 34.1 Å². The zero-order valence-electron chi connectivity index (χ0n) is 10.8. The van der Waals surface area contributed by atoms with Gasteiger partial charge < -0.3 is 0 Å². The van der Waals surface area contributed by atoms with Crippen LogP contribution in [0.2, 0.25) is 10.0 Å². The maximum atomic E-state index is 12.8. The Morgan fingerprint density at radius 1 is 1.00 bits per heavy atom. The van der Waals surface area contributed by atoms with Crippen LogP contribution in [0.3, 0.4) is 0 Å². The van der Waals surface area contributed by atoms with E-state index in [2.05, 4.69) is 0 Å². The third kappa shape index (κ3) is 4.84. The molecular weight excluding hydrogens is 334 g/mol. The van der Waals surface area contributed by atoms with E-state index in [-0.39, 0.29) is 11.6 Å². The lowest BCUT2D eigenvalue weighted by Gasteiger charge is -2.02. The summed E-state index contributed by atoms with van der Waals surface area (Å²) in [6.45, 7) is 0. The van der Waals surface area contributed by atoms with Crippen molar-refractivity contribution in [2.45, 2.75) is 5.75 Å². The lowest BCUT2D eigenvalue weighted by atomic mass is 10.2. The zero-order valence-corrected chi connectivity index (χ0v) is 13.1. The SMILES string of the molecule is O=S(=O)(/C=C/c1ccc(F)cc1)Cc1ccc(Cl)c(Cl)c1. The van der Waals surface area contributed by atoms with E-state index < -0.39 is 9.84 Å². The minimum Gasteiger partial charge on any atom is -0.224 e. The predicted octanol–water partition coefficient (Wildman–Crippen LogP) is 4.72. The van der Waals surface area contributed by atoms with E-state index in [0.717, 1.165) is 5.41 Å². The van der Waals surface area contributed by atoms with E-state index in [9.17, 15) is 12.8 Å². The van der Waals surface area contributed by atoms with Crippen molar-refractivity contribution >= 4 is 39.1 Å². The van der Waals surface area contributed by atoms with Crippen LogP contribution in [0.25, 0.3) is 6.08 Å². The smallest absolute Gasteiger partial charge is 0.175 e. The molecule has 0 saturated carbocycles. The van der Waals surface area contributed by atoms with Crippen molar-refractivity contribution in [3.8, 4) is 0 Å². The third-order valence-corrected chi connectivity index (χ3v) is 4.72. The number of hydrogen-bond donors (Lipinski definition) is 0. The molecule has 0 aliphatic carbocycles. The molecule has 2 aromatic rings. The minimum atomic E-state index is -3.45. The summed E-state index contributed by atoms with van der Waals surface area (Å²) in [5.41, 5.74) is 1.15. The van der Waals surface area contributed by atoms with E-state index in [4.69, 9.17) is 23.2 Å². The maximum Gasteiger partial charge on any atom is 0.175 e. The largest absolute Gasteiger partial charge is 0.224 e. The molecule has 0 unspecified atom stereocenters. The number of hydrogen-bond acceptors (Lipinski definition) is 2. The second kappa shape index (κ2) is 6.60. The molecule has 0 heterocycles. The molecule has 0 amide bonds. The van der Waals surface area contributed by atoms with Crippen molar-refractivity contribution in [1.29, 1.82) is 0 Å². The molecule has 0 aliphatic rings. The molecule has 0 aromatic heterocycles. The van der Waals surface area contributed by atoms with E-state index in [0.29, 0.717) is 21.2 Å². The van der Waals surface area contributed by atoms with Crippen molar-refractivity contribution < 1.29 is 12.8 Å². The molecule has 2 aromatic carbocycles. The summed E-state index contributed by atoms with van der Waals surface area (Å²) in [7, 11) is -3.45. The Morgan fingerprint density at radius 3 is 2.29 bits per heavy atom. The van der Waals surface area contributed by atoms with E-state index in [1.165, 1.54) is 36.4 Å². The summed E-state index contributed by atoms with van der Waals surface area (Å²) in [6, 6.07) is 10.2. The molecule has 0 aliphatic heterocycles. The van der Waals surface area contributed by atoms with Crippen molar-refractivity contribution in [3.63, 3.8) is 0 Å². The molecule has 0 fully saturated rings. The van der Waals surface area contributed by atoms with E-state index >= 15 is 0 Å². The second-order valence-electron chi connectivity index (χ2n) is 4.41. The molecule has 0 saturated heterocycles. The summed E-state index contributed by atoms with van der Waals surface area (Å²) in [5, 5.41) is 1.79. The average molecular weight is 345 g/mol. The first-order valence-corrected chi connectivity index (χ1v) is 8.43. The van der Waals surface area contributed by atoms with Crippen LogP contribution in [0.15, 0.2) is 47.9 Å². The van der Waals surface area contributed by atoms with Gasteiger partial charge in [-0.1, -0.05) is 41.4 Å². The highest BCUT2D eigenvalue weighted by molar-refractivity contribution is 7.93. The fourth-order valence-corrected chi connectivity index (χ4v) is 3.09. The first kappa shape index (κ1) is 16.0. The van der Waals surface area contributed by atoms with Crippen LogP contribution in [-0.4, -0.2) is 8.42 Å². The predicted molar refractivity (Wildman–Crippen MR) is 84.5 cm³/mol. The van der Waals surface area contributed by atoms with E-state index in [1.54, 1.807) is 12.1 Å². The lowest BCUT2D eigenvalue weighted by molar-refractivity contribution is 0.604. The number of sulfone groups is 1. The van der Waals surface area contributed by atoms with Gasteiger partial charge in [-0.25, -0.2) is 12.8 Å². The molecule has 0 atom stereocenters. The number of rotatable bonds is 4. The summed E-state index contributed by atoms with van der Waals surface area (Å²) >= 11 is 11.6. The van der Waals surface area contributed by atoms with Gasteiger partial charge in [-0.3, -0.25) is 0 Å². The molecule has 2 rings (SSSR count). The number of benzene rings is 2.